The fourth-order valence-electron chi connectivity index (χ4n) is 2.66. The fraction of sp³-hybridized carbons (Fsp3) is 0.533. The van der Waals surface area contributed by atoms with Crippen LogP contribution in [0.2, 0.25) is 0 Å². The van der Waals surface area contributed by atoms with Gasteiger partial charge in [-0.3, -0.25) is 9.69 Å². The van der Waals surface area contributed by atoms with Crippen LogP contribution in [0, 0.1) is 5.82 Å². The third-order valence-corrected chi connectivity index (χ3v) is 3.88. The number of piperazine rings is 1. The summed E-state index contributed by atoms with van der Waals surface area (Å²) in [4.78, 5) is 14.1. The Hall–Kier alpha value is -1.46. The molecule has 0 bridgehead atoms. The number of hydrogen-bond donors (Lipinski definition) is 2. The maximum atomic E-state index is 13.4. The fourth-order valence-corrected chi connectivity index (χ4v) is 2.66. The zero-order valence-electron chi connectivity index (χ0n) is 11.4. The molecule has 1 aromatic carbocycles. The molecule has 1 aliphatic carbocycles. The van der Waals surface area contributed by atoms with E-state index in [1.807, 2.05) is 6.07 Å². The van der Waals surface area contributed by atoms with Crippen LogP contribution >= 0.6 is 0 Å². The predicted octanol–water partition coefficient (Wildman–Crippen LogP) is 1.05. The summed E-state index contributed by atoms with van der Waals surface area (Å²) in [6.45, 7) is 2.81. The van der Waals surface area contributed by atoms with Crippen LogP contribution in [0.1, 0.15) is 24.4 Å². The van der Waals surface area contributed by atoms with Crippen LogP contribution in [0.4, 0.5) is 4.39 Å². The van der Waals surface area contributed by atoms with Gasteiger partial charge in [0.1, 0.15) is 5.82 Å². The van der Waals surface area contributed by atoms with Gasteiger partial charge in [0, 0.05) is 31.7 Å². The maximum absolute atomic E-state index is 13.4. The van der Waals surface area contributed by atoms with Crippen LogP contribution < -0.4 is 10.6 Å². The van der Waals surface area contributed by atoms with E-state index < -0.39 is 0 Å². The third-order valence-electron chi connectivity index (χ3n) is 3.88. The van der Waals surface area contributed by atoms with Gasteiger partial charge < -0.3 is 10.6 Å². The Morgan fingerprint density at radius 1 is 1.45 bits per heavy atom. The molecule has 2 fully saturated rings. The lowest BCUT2D eigenvalue weighted by Gasteiger charge is -2.36. The third kappa shape index (κ3) is 3.35. The van der Waals surface area contributed by atoms with Gasteiger partial charge in [-0.1, -0.05) is 12.1 Å². The molecule has 1 atom stereocenters. The van der Waals surface area contributed by atoms with E-state index in [1.54, 1.807) is 12.1 Å². The minimum Gasteiger partial charge on any atom is -0.352 e. The predicted molar refractivity (Wildman–Crippen MR) is 74.7 cm³/mol. The van der Waals surface area contributed by atoms with Gasteiger partial charge in [-0.25, -0.2) is 4.39 Å². The first-order valence-corrected chi connectivity index (χ1v) is 7.22. The number of carbonyl (C=O) groups excluding carboxylic acids is 1. The summed E-state index contributed by atoms with van der Waals surface area (Å²) >= 11 is 0. The Bertz CT molecular complexity index is 490. The number of rotatable bonds is 4. The molecule has 1 unspecified atom stereocenters. The summed E-state index contributed by atoms with van der Waals surface area (Å²) in [5.74, 6) is -0.147. The molecule has 5 heteroatoms. The van der Waals surface area contributed by atoms with Crippen LogP contribution in [-0.4, -0.2) is 43.0 Å². The molecular weight excluding hydrogens is 257 g/mol. The number of nitrogens with zero attached hydrogens (tertiary/aromatic N) is 1. The largest absolute Gasteiger partial charge is 0.352 e. The number of nitrogens with one attached hydrogen (secondary N) is 2. The monoisotopic (exact) mass is 277 g/mol. The molecule has 2 N–H and O–H groups in total. The average Bonchev–Trinajstić information content (AvgIpc) is 3.23. The first-order valence-electron chi connectivity index (χ1n) is 7.22. The Kier molecular flexibility index (Phi) is 3.98. The number of halogens is 1. The summed E-state index contributed by atoms with van der Waals surface area (Å²) in [5.41, 5.74) is 0.927. The minimum absolute atomic E-state index is 0.0596. The van der Waals surface area contributed by atoms with Gasteiger partial charge in [0.05, 0.1) is 6.54 Å². The topological polar surface area (TPSA) is 44.4 Å². The lowest BCUT2D eigenvalue weighted by atomic mass is 10.0. The van der Waals surface area contributed by atoms with E-state index in [9.17, 15) is 9.18 Å². The van der Waals surface area contributed by atoms with Crippen molar-refractivity contribution in [1.29, 1.82) is 0 Å². The van der Waals surface area contributed by atoms with Gasteiger partial charge in [-0.2, -0.15) is 0 Å². The molecule has 3 rings (SSSR count). The van der Waals surface area contributed by atoms with Crippen molar-refractivity contribution in [3.63, 3.8) is 0 Å². The van der Waals surface area contributed by atoms with Gasteiger partial charge in [-0.15, -0.1) is 0 Å². The molecule has 1 aromatic rings. The summed E-state index contributed by atoms with van der Waals surface area (Å²) in [5, 5.41) is 6.32. The molecule has 0 aromatic heterocycles. The summed E-state index contributed by atoms with van der Waals surface area (Å²) in [6, 6.07) is 7.10. The highest BCUT2D eigenvalue weighted by Crippen LogP contribution is 2.23. The van der Waals surface area contributed by atoms with Crippen molar-refractivity contribution in [2.45, 2.75) is 24.9 Å². The van der Waals surface area contributed by atoms with Crippen LogP contribution in [-0.2, 0) is 4.79 Å². The first kappa shape index (κ1) is 13.5. The molecule has 4 nitrogen and oxygen atoms in total. The number of amides is 1. The van der Waals surface area contributed by atoms with Crippen molar-refractivity contribution < 1.29 is 9.18 Å². The van der Waals surface area contributed by atoms with Crippen LogP contribution in [0.5, 0.6) is 0 Å². The Balaban J connectivity index is 1.68. The second kappa shape index (κ2) is 5.89. The second-order valence-electron chi connectivity index (χ2n) is 5.59. The highest BCUT2D eigenvalue weighted by atomic mass is 19.1. The molecule has 2 aliphatic rings. The van der Waals surface area contributed by atoms with Crippen LogP contribution in [0.25, 0.3) is 0 Å². The molecule has 1 amide bonds. The molecule has 0 spiro atoms. The van der Waals surface area contributed by atoms with Gasteiger partial charge in [0.25, 0.3) is 0 Å². The first-order chi connectivity index (χ1) is 9.72. The lowest BCUT2D eigenvalue weighted by Crippen LogP contribution is -2.49. The maximum Gasteiger partial charge on any atom is 0.234 e. The van der Waals surface area contributed by atoms with E-state index in [0.717, 1.165) is 38.0 Å². The van der Waals surface area contributed by atoms with Crippen molar-refractivity contribution >= 4 is 5.91 Å². The quantitative estimate of drug-likeness (QED) is 0.864. The van der Waals surface area contributed by atoms with Crippen molar-refractivity contribution in [1.82, 2.24) is 15.5 Å². The number of benzene rings is 1. The molecule has 1 saturated heterocycles. The molecule has 1 aliphatic heterocycles. The normalized spacial score (nSPS) is 23.6. The highest BCUT2D eigenvalue weighted by Gasteiger charge is 2.28. The summed E-state index contributed by atoms with van der Waals surface area (Å²) in [7, 11) is 0. The molecule has 108 valence electrons. The smallest absolute Gasteiger partial charge is 0.234 e. The molecule has 1 heterocycles. The van der Waals surface area contributed by atoms with Crippen molar-refractivity contribution in [2.24, 2.45) is 0 Å². The van der Waals surface area contributed by atoms with E-state index in [2.05, 4.69) is 15.5 Å². The van der Waals surface area contributed by atoms with Gasteiger partial charge in [-0.05, 0) is 30.5 Å². The zero-order valence-corrected chi connectivity index (χ0v) is 11.4. The number of hydrogen-bond acceptors (Lipinski definition) is 3. The van der Waals surface area contributed by atoms with E-state index >= 15 is 0 Å². The standard InChI is InChI=1S/C15H20FN3O/c16-12-3-1-2-11(8-12)14-9-17-6-7-19(14)10-15(20)18-13-4-5-13/h1-3,8,13-14,17H,4-7,9-10H2,(H,18,20). The van der Waals surface area contributed by atoms with E-state index in [4.69, 9.17) is 0 Å². The highest BCUT2D eigenvalue weighted by molar-refractivity contribution is 5.78. The van der Waals surface area contributed by atoms with Crippen LogP contribution in [0.15, 0.2) is 24.3 Å². The van der Waals surface area contributed by atoms with Gasteiger partial charge >= 0.3 is 0 Å². The summed E-state index contributed by atoms with van der Waals surface area (Å²) < 4.78 is 13.4. The Morgan fingerprint density at radius 3 is 3.05 bits per heavy atom. The molecule has 0 radical (unpaired) electrons. The van der Waals surface area contributed by atoms with E-state index in [0.29, 0.717) is 12.6 Å². The SMILES string of the molecule is O=C(CN1CCNCC1c1cccc(F)c1)NC1CC1. The summed E-state index contributed by atoms with van der Waals surface area (Å²) in [6.07, 6.45) is 2.20. The van der Waals surface area contributed by atoms with E-state index in [-0.39, 0.29) is 17.8 Å². The van der Waals surface area contributed by atoms with Crippen molar-refractivity contribution in [3.05, 3.63) is 35.6 Å². The van der Waals surface area contributed by atoms with Crippen molar-refractivity contribution in [2.75, 3.05) is 26.2 Å². The van der Waals surface area contributed by atoms with Gasteiger partial charge in [0.2, 0.25) is 5.91 Å². The zero-order chi connectivity index (χ0) is 13.9. The molecule has 20 heavy (non-hydrogen) atoms. The average molecular weight is 277 g/mol. The lowest BCUT2D eigenvalue weighted by molar-refractivity contribution is -0.123. The van der Waals surface area contributed by atoms with Crippen LogP contribution in [0.3, 0.4) is 0 Å². The Labute approximate surface area is 118 Å². The van der Waals surface area contributed by atoms with Gasteiger partial charge in [0.15, 0.2) is 0 Å². The second-order valence-corrected chi connectivity index (χ2v) is 5.59. The number of carbonyl (C=O) groups is 1. The minimum atomic E-state index is -0.226. The van der Waals surface area contributed by atoms with E-state index in [1.165, 1.54) is 6.07 Å². The molecular formula is C15H20FN3O. The molecule has 1 saturated carbocycles. The van der Waals surface area contributed by atoms with Crippen molar-refractivity contribution in [3.8, 4) is 0 Å². The Morgan fingerprint density at radius 2 is 2.30 bits per heavy atom.